The lowest BCUT2D eigenvalue weighted by Gasteiger charge is -2.28. The minimum atomic E-state index is 0.459. The van der Waals surface area contributed by atoms with Crippen molar-refractivity contribution in [3.63, 3.8) is 0 Å². The molecule has 2 rings (SSSR count). The molecule has 0 bridgehead atoms. The summed E-state index contributed by atoms with van der Waals surface area (Å²) in [5, 5.41) is 4.15. The molecule has 1 heterocycles. The third-order valence-electron chi connectivity index (χ3n) is 4.09. The van der Waals surface area contributed by atoms with Gasteiger partial charge < -0.3 is 19.5 Å². The Hall–Kier alpha value is -0.970. The third kappa shape index (κ3) is 4.25. The number of benzene rings is 1. The first-order valence-corrected chi connectivity index (χ1v) is 7.75. The largest absolute Gasteiger partial charge is 0.493 e. The highest BCUT2D eigenvalue weighted by atomic mass is 35.5. The van der Waals surface area contributed by atoms with Crippen LogP contribution in [0.2, 0.25) is 5.02 Å². The molecule has 0 aromatic heterocycles. The van der Waals surface area contributed by atoms with Gasteiger partial charge in [-0.25, -0.2) is 0 Å². The van der Waals surface area contributed by atoms with Gasteiger partial charge in [-0.1, -0.05) is 11.6 Å². The van der Waals surface area contributed by atoms with Crippen molar-refractivity contribution < 1.29 is 14.2 Å². The molecule has 1 aliphatic heterocycles. The summed E-state index contributed by atoms with van der Waals surface area (Å²) in [4.78, 5) is 0. The zero-order chi connectivity index (χ0) is 15.2. The highest BCUT2D eigenvalue weighted by Crippen LogP contribution is 2.36. The van der Waals surface area contributed by atoms with E-state index in [2.05, 4.69) is 12.2 Å². The number of halogens is 1. The highest BCUT2D eigenvalue weighted by molar-refractivity contribution is 6.32. The van der Waals surface area contributed by atoms with Crippen LogP contribution in [0, 0.1) is 5.92 Å². The molecule has 21 heavy (non-hydrogen) atoms. The van der Waals surface area contributed by atoms with Gasteiger partial charge in [0.1, 0.15) is 0 Å². The van der Waals surface area contributed by atoms with E-state index in [0.717, 1.165) is 38.2 Å². The fraction of sp³-hybridized carbons (Fsp3) is 0.625. The molecule has 118 valence electrons. The van der Waals surface area contributed by atoms with Gasteiger partial charge in [-0.2, -0.15) is 0 Å². The Morgan fingerprint density at radius 2 is 2.00 bits per heavy atom. The van der Waals surface area contributed by atoms with Gasteiger partial charge in [0, 0.05) is 25.8 Å². The van der Waals surface area contributed by atoms with Crippen LogP contribution in [0.5, 0.6) is 11.5 Å². The van der Waals surface area contributed by atoms with Crippen molar-refractivity contribution in [2.75, 3.05) is 27.4 Å². The molecule has 4 nitrogen and oxygen atoms in total. The maximum absolute atomic E-state index is 6.23. The number of hydrogen-bond donors (Lipinski definition) is 1. The summed E-state index contributed by atoms with van der Waals surface area (Å²) >= 11 is 6.23. The lowest BCUT2D eigenvalue weighted by atomic mass is 9.93. The number of hydrogen-bond acceptors (Lipinski definition) is 4. The molecule has 1 saturated heterocycles. The predicted molar refractivity (Wildman–Crippen MR) is 84.4 cm³/mol. The van der Waals surface area contributed by atoms with Gasteiger partial charge in [0.05, 0.1) is 19.2 Å². The molecule has 1 aliphatic rings. The maximum atomic E-state index is 6.23. The predicted octanol–water partition coefficient (Wildman–Crippen LogP) is 3.26. The van der Waals surface area contributed by atoms with Crippen molar-refractivity contribution in [1.29, 1.82) is 0 Å². The molecule has 0 radical (unpaired) electrons. The lowest BCUT2D eigenvalue weighted by Crippen LogP contribution is -2.36. The van der Waals surface area contributed by atoms with E-state index < -0.39 is 0 Å². The topological polar surface area (TPSA) is 39.7 Å². The first-order chi connectivity index (χ1) is 10.2. The minimum absolute atomic E-state index is 0.459. The Morgan fingerprint density at radius 1 is 1.29 bits per heavy atom. The fourth-order valence-electron chi connectivity index (χ4n) is 2.73. The molecule has 1 N–H and O–H groups in total. The highest BCUT2D eigenvalue weighted by Gasteiger charge is 2.20. The quantitative estimate of drug-likeness (QED) is 0.875. The van der Waals surface area contributed by atoms with Gasteiger partial charge in [-0.15, -0.1) is 0 Å². The summed E-state index contributed by atoms with van der Waals surface area (Å²) in [5.74, 6) is 1.93. The van der Waals surface area contributed by atoms with Crippen LogP contribution in [-0.2, 0) is 11.3 Å². The molecule has 5 heteroatoms. The van der Waals surface area contributed by atoms with Crippen molar-refractivity contribution >= 4 is 11.6 Å². The Balaban J connectivity index is 1.97. The maximum Gasteiger partial charge on any atom is 0.179 e. The standard InChI is InChI=1S/C16H24ClNO3/c1-11(13-4-6-21-7-5-13)18-10-12-8-14(17)16(20-3)15(9-12)19-2/h8-9,11,13,18H,4-7,10H2,1-3H3. The van der Waals surface area contributed by atoms with Gasteiger partial charge in [0.2, 0.25) is 0 Å². The molecule has 0 spiro atoms. The van der Waals surface area contributed by atoms with E-state index in [9.17, 15) is 0 Å². The zero-order valence-corrected chi connectivity index (χ0v) is 13.7. The fourth-order valence-corrected chi connectivity index (χ4v) is 3.05. The van der Waals surface area contributed by atoms with E-state index >= 15 is 0 Å². The van der Waals surface area contributed by atoms with Gasteiger partial charge in [-0.05, 0) is 43.4 Å². The molecule has 1 aromatic carbocycles. The third-order valence-corrected chi connectivity index (χ3v) is 4.38. The van der Waals surface area contributed by atoms with Crippen LogP contribution < -0.4 is 14.8 Å². The second-order valence-electron chi connectivity index (χ2n) is 5.43. The van der Waals surface area contributed by atoms with E-state index in [1.165, 1.54) is 0 Å². The summed E-state index contributed by atoms with van der Waals surface area (Å²) in [7, 11) is 3.21. The first-order valence-electron chi connectivity index (χ1n) is 7.37. The summed E-state index contributed by atoms with van der Waals surface area (Å²) in [6, 6.07) is 4.35. The van der Waals surface area contributed by atoms with Crippen LogP contribution in [-0.4, -0.2) is 33.5 Å². The smallest absolute Gasteiger partial charge is 0.179 e. The average Bonchev–Trinajstić information content (AvgIpc) is 2.52. The SMILES string of the molecule is COc1cc(CNC(C)C2CCOCC2)cc(Cl)c1OC. The van der Waals surface area contributed by atoms with Crippen LogP contribution in [0.1, 0.15) is 25.3 Å². The van der Waals surface area contributed by atoms with Crippen molar-refractivity contribution in [1.82, 2.24) is 5.32 Å². The Morgan fingerprint density at radius 3 is 2.62 bits per heavy atom. The lowest BCUT2D eigenvalue weighted by molar-refractivity contribution is 0.0558. The number of ether oxygens (including phenoxy) is 3. The van der Waals surface area contributed by atoms with Gasteiger partial charge in [0.15, 0.2) is 11.5 Å². The van der Waals surface area contributed by atoms with Gasteiger partial charge in [0.25, 0.3) is 0 Å². The Kier molecular flexibility index (Phi) is 6.15. The summed E-state index contributed by atoms with van der Waals surface area (Å²) in [5.41, 5.74) is 1.09. The second-order valence-corrected chi connectivity index (χ2v) is 5.84. The molecule has 1 fully saturated rings. The molecular formula is C16H24ClNO3. The number of nitrogens with one attached hydrogen (secondary N) is 1. The molecule has 1 atom stereocenters. The molecule has 1 unspecified atom stereocenters. The van der Waals surface area contributed by atoms with Gasteiger partial charge >= 0.3 is 0 Å². The van der Waals surface area contributed by atoms with Crippen LogP contribution in [0.15, 0.2) is 12.1 Å². The first kappa shape index (κ1) is 16.4. The number of methoxy groups -OCH3 is 2. The van der Waals surface area contributed by atoms with Crippen LogP contribution in [0.4, 0.5) is 0 Å². The molecule has 0 saturated carbocycles. The molecule has 0 aliphatic carbocycles. The van der Waals surface area contributed by atoms with Crippen molar-refractivity contribution in [3.05, 3.63) is 22.7 Å². The summed E-state index contributed by atoms with van der Waals surface area (Å²) in [6.45, 7) is 4.74. The van der Waals surface area contributed by atoms with E-state index in [1.807, 2.05) is 12.1 Å². The second kappa shape index (κ2) is 7.87. The monoisotopic (exact) mass is 313 g/mol. The van der Waals surface area contributed by atoms with Crippen LogP contribution in [0.25, 0.3) is 0 Å². The average molecular weight is 314 g/mol. The van der Waals surface area contributed by atoms with Crippen LogP contribution in [0.3, 0.4) is 0 Å². The summed E-state index contributed by atoms with van der Waals surface area (Å²) in [6.07, 6.45) is 2.25. The van der Waals surface area contributed by atoms with Gasteiger partial charge in [-0.3, -0.25) is 0 Å². The van der Waals surface area contributed by atoms with E-state index in [0.29, 0.717) is 28.5 Å². The minimum Gasteiger partial charge on any atom is -0.493 e. The van der Waals surface area contributed by atoms with E-state index in [-0.39, 0.29) is 0 Å². The van der Waals surface area contributed by atoms with Crippen molar-refractivity contribution in [2.45, 2.75) is 32.4 Å². The van der Waals surface area contributed by atoms with Crippen molar-refractivity contribution in [3.8, 4) is 11.5 Å². The molecule has 0 amide bonds. The Labute approximate surface area is 131 Å². The normalized spacial score (nSPS) is 17.5. The van der Waals surface area contributed by atoms with Crippen LogP contribution >= 0.6 is 11.6 Å². The van der Waals surface area contributed by atoms with E-state index in [4.69, 9.17) is 25.8 Å². The number of rotatable bonds is 6. The van der Waals surface area contributed by atoms with Crippen molar-refractivity contribution in [2.24, 2.45) is 5.92 Å². The zero-order valence-electron chi connectivity index (χ0n) is 12.9. The molecular weight excluding hydrogens is 290 g/mol. The molecule has 1 aromatic rings. The summed E-state index contributed by atoms with van der Waals surface area (Å²) < 4.78 is 16.0. The Bertz CT molecular complexity index is 461. The van der Waals surface area contributed by atoms with E-state index in [1.54, 1.807) is 14.2 Å².